The average molecular weight is 375 g/mol. The zero-order valence-corrected chi connectivity index (χ0v) is 17.0. The minimum absolute atomic E-state index is 0.206. The predicted molar refractivity (Wildman–Crippen MR) is 118 cm³/mol. The molecule has 3 aromatic rings. The number of nitrogens with zero attached hydrogens (tertiary/aromatic N) is 3. The number of fused-ring (bicyclic) bond motifs is 5. The fourth-order valence-corrected chi connectivity index (χ4v) is 4.83. The van der Waals surface area contributed by atoms with Crippen LogP contribution in [0.25, 0.3) is 16.6 Å². The molecule has 144 valence electrons. The minimum atomic E-state index is -2.15. The Kier molecular flexibility index (Phi) is 3.16. The first-order valence-electron chi connectivity index (χ1n) is 11.7. The summed E-state index contributed by atoms with van der Waals surface area (Å²) in [5.74, 6) is 1.84. The van der Waals surface area contributed by atoms with E-state index >= 15 is 0 Å². The maximum atomic E-state index is 7.98. The van der Waals surface area contributed by atoms with Gasteiger partial charge in [0.25, 0.3) is 0 Å². The SMILES string of the molecule is [2H]C([2H])([2H])N1C=CN2c3c(c4ccccc4n3-c3c(C(C)C)cccc3C(C)C)CC21. The molecule has 28 heavy (non-hydrogen) atoms. The normalized spacial score (nSPS) is 20.1. The zero-order valence-electron chi connectivity index (χ0n) is 20.0. The number of benzene rings is 2. The molecular formula is C25H29N3. The van der Waals surface area contributed by atoms with Crippen LogP contribution in [-0.2, 0) is 6.42 Å². The lowest BCUT2D eigenvalue weighted by molar-refractivity contribution is 0.368. The van der Waals surface area contributed by atoms with Crippen molar-refractivity contribution in [1.82, 2.24) is 9.47 Å². The first kappa shape index (κ1) is 14.3. The highest BCUT2D eigenvalue weighted by Gasteiger charge is 2.39. The molecule has 1 atom stereocenters. The van der Waals surface area contributed by atoms with Gasteiger partial charge < -0.3 is 9.80 Å². The molecule has 0 spiro atoms. The van der Waals surface area contributed by atoms with Gasteiger partial charge in [-0.3, -0.25) is 4.57 Å². The first-order chi connectivity index (χ1) is 14.7. The second-order valence-electron chi connectivity index (χ2n) is 8.55. The Hall–Kier alpha value is -2.68. The summed E-state index contributed by atoms with van der Waals surface area (Å²) in [6.45, 7) is 6.81. The van der Waals surface area contributed by atoms with E-state index in [2.05, 4.69) is 79.6 Å². The Morgan fingerprint density at radius 1 is 0.929 bits per heavy atom. The molecule has 2 aromatic carbocycles. The van der Waals surface area contributed by atoms with Gasteiger partial charge in [0.2, 0.25) is 0 Å². The molecule has 0 saturated carbocycles. The Balaban J connectivity index is 1.82. The predicted octanol–water partition coefficient (Wildman–Crippen LogP) is 5.98. The van der Waals surface area contributed by atoms with Gasteiger partial charge in [0.15, 0.2) is 0 Å². The van der Waals surface area contributed by atoms with Gasteiger partial charge in [-0.1, -0.05) is 64.1 Å². The van der Waals surface area contributed by atoms with E-state index in [0.29, 0.717) is 18.3 Å². The quantitative estimate of drug-likeness (QED) is 0.558. The lowest BCUT2D eigenvalue weighted by Crippen LogP contribution is -2.34. The van der Waals surface area contributed by atoms with E-state index in [0.717, 1.165) is 5.82 Å². The summed E-state index contributed by atoms with van der Waals surface area (Å²) in [6, 6.07) is 15.1. The summed E-state index contributed by atoms with van der Waals surface area (Å²) in [7, 11) is 0. The van der Waals surface area contributed by atoms with Crippen molar-refractivity contribution in [3.05, 3.63) is 71.6 Å². The molecule has 3 nitrogen and oxygen atoms in total. The van der Waals surface area contributed by atoms with Crippen LogP contribution >= 0.6 is 0 Å². The maximum absolute atomic E-state index is 7.98. The third kappa shape index (κ3) is 2.28. The molecule has 0 saturated heterocycles. The fraction of sp³-hybridized carbons (Fsp3) is 0.360. The standard InChI is InChI=1S/C25H29N3/c1-16(2)18-10-8-11-19(17(3)4)24(18)28-22-12-7-6-9-20(22)21-15-23-26(5)13-14-27(23)25(21)28/h6-14,16-17,23H,15H2,1-5H3/i5D3. The number of anilines is 1. The molecule has 2 aliphatic rings. The van der Waals surface area contributed by atoms with Crippen LogP contribution < -0.4 is 4.90 Å². The molecule has 1 aromatic heterocycles. The summed E-state index contributed by atoms with van der Waals surface area (Å²) >= 11 is 0. The van der Waals surface area contributed by atoms with Crippen LogP contribution in [0.4, 0.5) is 5.82 Å². The van der Waals surface area contributed by atoms with Crippen molar-refractivity contribution in [1.29, 1.82) is 0 Å². The van der Waals surface area contributed by atoms with Crippen LogP contribution in [0.3, 0.4) is 0 Å². The van der Waals surface area contributed by atoms with Crippen LogP contribution in [0.15, 0.2) is 54.9 Å². The second-order valence-corrected chi connectivity index (χ2v) is 8.55. The molecule has 2 aliphatic heterocycles. The Bertz CT molecular complexity index is 1160. The Morgan fingerprint density at radius 2 is 1.64 bits per heavy atom. The van der Waals surface area contributed by atoms with Crippen LogP contribution in [-0.4, -0.2) is 22.6 Å². The molecule has 0 N–H and O–H groups in total. The molecule has 0 amide bonds. The van der Waals surface area contributed by atoms with E-state index in [1.165, 1.54) is 38.2 Å². The Labute approximate surface area is 172 Å². The van der Waals surface area contributed by atoms with Gasteiger partial charge in [-0.25, -0.2) is 0 Å². The summed E-state index contributed by atoms with van der Waals surface area (Å²) in [5, 5.41) is 1.21. The van der Waals surface area contributed by atoms with E-state index in [9.17, 15) is 0 Å². The van der Waals surface area contributed by atoms with Crippen molar-refractivity contribution in [3.63, 3.8) is 0 Å². The van der Waals surface area contributed by atoms with Crippen molar-refractivity contribution in [2.45, 2.75) is 52.1 Å². The molecule has 0 fully saturated rings. The second kappa shape index (κ2) is 6.16. The van der Waals surface area contributed by atoms with Gasteiger partial charge in [-0.2, -0.15) is 0 Å². The number of para-hydroxylation sites is 2. The molecule has 0 radical (unpaired) electrons. The number of hydrogen-bond acceptors (Lipinski definition) is 2. The summed E-state index contributed by atoms with van der Waals surface area (Å²) < 4.78 is 26.3. The number of aromatic nitrogens is 1. The zero-order chi connectivity index (χ0) is 22.1. The van der Waals surface area contributed by atoms with Crippen molar-refractivity contribution in [2.75, 3.05) is 11.9 Å². The highest BCUT2D eigenvalue weighted by Crippen LogP contribution is 2.46. The van der Waals surface area contributed by atoms with Gasteiger partial charge in [0, 0.05) is 40.9 Å². The van der Waals surface area contributed by atoms with Crippen LogP contribution in [0.1, 0.15) is 60.3 Å². The minimum Gasteiger partial charge on any atom is -0.358 e. The summed E-state index contributed by atoms with van der Waals surface area (Å²) in [6.07, 6.45) is 4.14. The maximum Gasteiger partial charge on any atom is 0.123 e. The summed E-state index contributed by atoms with van der Waals surface area (Å²) in [5.41, 5.74) is 6.28. The molecule has 1 unspecified atom stereocenters. The molecule has 3 heteroatoms. The van der Waals surface area contributed by atoms with Crippen molar-refractivity contribution in [3.8, 4) is 5.69 Å². The molecule has 0 aliphatic carbocycles. The highest BCUT2D eigenvalue weighted by molar-refractivity contribution is 5.94. The lowest BCUT2D eigenvalue weighted by atomic mass is 9.92. The van der Waals surface area contributed by atoms with E-state index < -0.39 is 6.98 Å². The van der Waals surface area contributed by atoms with Gasteiger partial charge in [-0.15, -0.1) is 0 Å². The topological polar surface area (TPSA) is 11.4 Å². The Morgan fingerprint density at radius 3 is 2.32 bits per heavy atom. The van der Waals surface area contributed by atoms with Gasteiger partial charge in [-0.05, 0) is 29.0 Å². The van der Waals surface area contributed by atoms with E-state index in [1.54, 1.807) is 6.20 Å². The lowest BCUT2D eigenvalue weighted by Gasteiger charge is -2.28. The van der Waals surface area contributed by atoms with Crippen LogP contribution in [0.2, 0.25) is 0 Å². The van der Waals surface area contributed by atoms with Crippen LogP contribution in [0.5, 0.6) is 0 Å². The van der Waals surface area contributed by atoms with Gasteiger partial charge >= 0.3 is 0 Å². The molecule has 5 rings (SSSR count). The van der Waals surface area contributed by atoms with Crippen molar-refractivity contribution in [2.24, 2.45) is 0 Å². The number of hydrogen-bond donors (Lipinski definition) is 0. The van der Waals surface area contributed by atoms with Gasteiger partial charge in [0.1, 0.15) is 12.0 Å². The smallest absolute Gasteiger partial charge is 0.123 e. The molecule has 3 heterocycles. The van der Waals surface area contributed by atoms with E-state index in [1.807, 2.05) is 6.20 Å². The first-order valence-corrected chi connectivity index (χ1v) is 10.2. The molecule has 0 bridgehead atoms. The number of rotatable bonds is 3. The average Bonchev–Trinajstić information content (AvgIpc) is 3.35. The largest absolute Gasteiger partial charge is 0.358 e. The third-order valence-corrected chi connectivity index (χ3v) is 6.18. The van der Waals surface area contributed by atoms with Crippen molar-refractivity contribution >= 4 is 16.7 Å². The third-order valence-electron chi connectivity index (χ3n) is 6.18. The monoisotopic (exact) mass is 374 g/mol. The van der Waals surface area contributed by atoms with E-state index in [4.69, 9.17) is 4.11 Å². The highest BCUT2D eigenvalue weighted by atomic mass is 15.4. The fourth-order valence-electron chi connectivity index (χ4n) is 4.83. The van der Waals surface area contributed by atoms with Crippen LogP contribution in [0, 0.1) is 0 Å². The van der Waals surface area contributed by atoms with E-state index in [-0.39, 0.29) is 6.17 Å². The summed E-state index contributed by atoms with van der Waals surface area (Å²) in [4.78, 5) is 3.67. The van der Waals surface area contributed by atoms with Gasteiger partial charge in [0.05, 0.1) is 11.2 Å². The molecular weight excluding hydrogens is 342 g/mol. The number of likely N-dealkylation sites (N-methyl/N-ethyl adjacent to an activating group) is 1. The van der Waals surface area contributed by atoms with Crippen molar-refractivity contribution < 1.29 is 4.11 Å².